The molecular weight excluding hydrogens is 166 g/mol. The molecule has 0 atom stereocenters. The molecule has 0 saturated heterocycles. The second kappa shape index (κ2) is 2.85. The van der Waals surface area contributed by atoms with Crippen LogP contribution in [0.15, 0.2) is 24.5 Å². The smallest absolute Gasteiger partial charge is 0.222 e. The first kappa shape index (κ1) is 7.72. The Morgan fingerprint density at radius 3 is 2.77 bits per heavy atom. The lowest BCUT2D eigenvalue weighted by Crippen LogP contribution is -1.98. The molecule has 0 aliphatic heterocycles. The number of anilines is 1. The number of rotatable bonds is 1. The van der Waals surface area contributed by atoms with Crippen LogP contribution in [0.3, 0.4) is 0 Å². The lowest BCUT2D eigenvalue weighted by atomic mass is 10.3. The van der Waals surface area contributed by atoms with Gasteiger partial charge in [-0.2, -0.15) is 0 Å². The Balaban J connectivity index is 2.53. The number of hydrogen-bond acceptors (Lipinski definition) is 4. The quantitative estimate of drug-likeness (QED) is 0.683. The van der Waals surface area contributed by atoms with Gasteiger partial charge < -0.3 is 5.73 Å². The summed E-state index contributed by atoms with van der Waals surface area (Å²) in [6.45, 7) is 0. The van der Waals surface area contributed by atoms with Crippen LogP contribution in [0.1, 0.15) is 0 Å². The van der Waals surface area contributed by atoms with E-state index in [0.29, 0.717) is 5.95 Å². The zero-order valence-electron chi connectivity index (χ0n) is 7.18. The third kappa shape index (κ3) is 1.24. The molecule has 0 radical (unpaired) electrons. The standard InChI is InChI=1S/C8H9N5/c1-13-7(11-12-8(13)9)6-3-2-4-10-5-6/h2-5H,1H3,(H2,9,12). The molecule has 0 aliphatic carbocycles. The Morgan fingerprint density at radius 1 is 1.38 bits per heavy atom. The minimum Gasteiger partial charge on any atom is -0.368 e. The molecule has 2 heterocycles. The van der Waals surface area contributed by atoms with Gasteiger partial charge in [0.2, 0.25) is 5.95 Å². The Hall–Kier alpha value is -1.91. The van der Waals surface area contributed by atoms with Crippen LogP contribution in [0.25, 0.3) is 11.4 Å². The van der Waals surface area contributed by atoms with Crippen LogP contribution in [0, 0.1) is 0 Å². The highest BCUT2D eigenvalue weighted by molar-refractivity contribution is 5.54. The predicted molar refractivity (Wildman–Crippen MR) is 48.6 cm³/mol. The molecule has 5 heteroatoms. The third-order valence-corrected chi connectivity index (χ3v) is 1.83. The molecule has 0 saturated carbocycles. The summed E-state index contributed by atoms with van der Waals surface area (Å²) in [5.41, 5.74) is 6.46. The van der Waals surface area contributed by atoms with Gasteiger partial charge in [-0.05, 0) is 12.1 Å². The average molecular weight is 175 g/mol. The van der Waals surface area contributed by atoms with Gasteiger partial charge in [0, 0.05) is 25.0 Å². The van der Waals surface area contributed by atoms with Gasteiger partial charge in [0.1, 0.15) is 0 Å². The van der Waals surface area contributed by atoms with Gasteiger partial charge in [-0.1, -0.05) is 0 Å². The molecule has 2 rings (SSSR count). The molecule has 0 bridgehead atoms. The van der Waals surface area contributed by atoms with E-state index in [1.807, 2.05) is 19.2 Å². The van der Waals surface area contributed by atoms with E-state index in [4.69, 9.17) is 5.73 Å². The molecule has 0 aliphatic rings. The maximum absolute atomic E-state index is 5.55. The van der Waals surface area contributed by atoms with E-state index in [1.54, 1.807) is 17.0 Å². The van der Waals surface area contributed by atoms with Gasteiger partial charge in [-0.3, -0.25) is 9.55 Å². The molecule has 2 aromatic heterocycles. The number of nitrogens with two attached hydrogens (primary N) is 1. The van der Waals surface area contributed by atoms with Crippen molar-refractivity contribution in [2.75, 3.05) is 5.73 Å². The summed E-state index contributed by atoms with van der Waals surface area (Å²) < 4.78 is 1.72. The maximum Gasteiger partial charge on any atom is 0.222 e. The van der Waals surface area contributed by atoms with E-state index in [1.165, 1.54) is 0 Å². The first-order valence-corrected chi connectivity index (χ1v) is 3.84. The van der Waals surface area contributed by atoms with Crippen molar-refractivity contribution in [2.45, 2.75) is 0 Å². The molecule has 0 fully saturated rings. The Kier molecular flexibility index (Phi) is 1.70. The largest absolute Gasteiger partial charge is 0.368 e. The monoisotopic (exact) mass is 175 g/mol. The van der Waals surface area contributed by atoms with Crippen LogP contribution in [-0.2, 0) is 7.05 Å². The van der Waals surface area contributed by atoms with E-state index in [0.717, 1.165) is 11.4 Å². The summed E-state index contributed by atoms with van der Waals surface area (Å²) in [6, 6.07) is 3.76. The van der Waals surface area contributed by atoms with E-state index in [2.05, 4.69) is 15.2 Å². The topological polar surface area (TPSA) is 69.6 Å². The summed E-state index contributed by atoms with van der Waals surface area (Å²) in [7, 11) is 1.82. The molecule has 0 aromatic carbocycles. The van der Waals surface area contributed by atoms with Crippen LogP contribution in [0.2, 0.25) is 0 Å². The molecule has 0 unspecified atom stereocenters. The zero-order chi connectivity index (χ0) is 9.26. The molecule has 13 heavy (non-hydrogen) atoms. The van der Waals surface area contributed by atoms with Gasteiger partial charge in [-0.25, -0.2) is 0 Å². The van der Waals surface area contributed by atoms with Crippen LogP contribution >= 0.6 is 0 Å². The summed E-state index contributed by atoms with van der Waals surface area (Å²) in [5.74, 6) is 1.13. The van der Waals surface area contributed by atoms with E-state index in [9.17, 15) is 0 Å². The van der Waals surface area contributed by atoms with Crippen molar-refractivity contribution >= 4 is 5.95 Å². The molecule has 2 aromatic rings. The molecule has 66 valence electrons. The van der Waals surface area contributed by atoms with E-state index < -0.39 is 0 Å². The third-order valence-electron chi connectivity index (χ3n) is 1.83. The Morgan fingerprint density at radius 2 is 2.23 bits per heavy atom. The minimum atomic E-state index is 0.402. The maximum atomic E-state index is 5.55. The first-order chi connectivity index (χ1) is 6.29. The Labute approximate surface area is 75.2 Å². The fourth-order valence-corrected chi connectivity index (χ4v) is 1.09. The van der Waals surface area contributed by atoms with E-state index in [-0.39, 0.29) is 0 Å². The van der Waals surface area contributed by atoms with Crippen LogP contribution in [0.5, 0.6) is 0 Å². The fraction of sp³-hybridized carbons (Fsp3) is 0.125. The number of nitrogen functional groups attached to an aromatic ring is 1. The van der Waals surface area contributed by atoms with Crippen molar-refractivity contribution in [1.29, 1.82) is 0 Å². The SMILES string of the molecule is Cn1c(N)nnc1-c1cccnc1. The van der Waals surface area contributed by atoms with Gasteiger partial charge in [-0.15, -0.1) is 10.2 Å². The second-order valence-electron chi connectivity index (χ2n) is 2.68. The Bertz CT molecular complexity index is 406. The zero-order valence-corrected chi connectivity index (χ0v) is 7.18. The van der Waals surface area contributed by atoms with Gasteiger partial charge >= 0.3 is 0 Å². The van der Waals surface area contributed by atoms with Crippen molar-refractivity contribution in [3.8, 4) is 11.4 Å². The number of nitrogens with zero attached hydrogens (tertiary/aromatic N) is 4. The van der Waals surface area contributed by atoms with Crippen LogP contribution < -0.4 is 5.73 Å². The van der Waals surface area contributed by atoms with Crippen molar-refractivity contribution in [3.63, 3.8) is 0 Å². The normalized spacial score (nSPS) is 10.2. The number of hydrogen-bond donors (Lipinski definition) is 1. The summed E-state index contributed by atoms with van der Waals surface area (Å²) >= 11 is 0. The highest BCUT2D eigenvalue weighted by atomic mass is 15.3. The van der Waals surface area contributed by atoms with Crippen molar-refractivity contribution in [3.05, 3.63) is 24.5 Å². The van der Waals surface area contributed by atoms with Crippen molar-refractivity contribution in [1.82, 2.24) is 19.7 Å². The number of pyridine rings is 1. The van der Waals surface area contributed by atoms with Crippen LogP contribution in [0.4, 0.5) is 5.95 Å². The lowest BCUT2D eigenvalue weighted by Gasteiger charge is -1.99. The molecule has 5 nitrogen and oxygen atoms in total. The van der Waals surface area contributed by atoms with Crippen molar-refractivity contribution in [2.24, 2.45) is 7.05 Å². The highest BCUT2D eigenvalue weighted by Crippen LogP contribution is 2.15. The molecule has 0 amide bonds. The molecule has 0 spiro atoms. The first-order valence-electron chi connectivity index (χ1n) is 3.84. The minimum absolute atomic E-state index is 0.402. The van der Waals surface area contributed by atoms with Crippen molar-refractivity contribution < 1.29 is 0 Å². The van der Waals surface area contributed by atoms with Gasteiger partial charge in [0.15, 0.2) is 5.82 Å². The van der Waals surface area contributed by atoms with Crippen LogP contribution in [-0.4, -0.2) is 19.7 Å². The van der Waals surface area contributed by atoms with Gasteiger partial charge in [0.25, 0.3) is 0 Å². The molecular formula is C8H9N5. The average Bonchev–Trinajstić information content (AvgIpc) is 2.49. The van der Waals surface area contributed by atoms with E-state index >= 15 is 0 Å². The summed E-state index contributed by atoms with van der Waals surface area (Å²) in [5, 5.41) is 7.69. The second-order valence-corrected chi connectivity index (χ2v) is 2.68. The number of aromatic nitrogens is 4. The summed E-state index contributed by atoms with van der Waals surface area (Å²) in [4.78, 5) is 3.99. The molecule has 2 N–H and O–H groups in total. The summed E-state index contributed by atoms with van der Waals surface area (Å²) in [6.07, 6.45) is 3.44. The fourth-order valence-electron chi connectivity index (χ4n) is 1.09. The highest BCUT2D eigenvalue weighted by Gasteiger charge is 2.06. The van der Waals surface area contributed by atoms with Gasteiger partial charge in [0.05, 0.1) is 0 Å². The lowest BCUT2D eigenvalue weighted by molar-refractivity contribution is 0.933. The predicted octanol–water partition coefficient (Wildman–Crippen LogP) is 0.459.